The largest absolute Gasteiger partial charge is 0.497 e. The molecule has 0 heterocycles. The van der Waals surface area contributed by atoms with Crippen molar-refractivity contribution in [3.05, 3.63) is 94.0 Å². The summed E-state index contributed by atoms with van der Waals surface area (Å²) < 4.78 is 56.6. The van der Waals surface area contributed by atoms with E-state index in [0.717, 1.165) is 46.4 Å². The predicted octanol–water partition coefficient (Wildman–Crippen LogP) is 10.3. The van der Waals surface area contributed by atoms with E-state index in [9.17, 15) is 12.6 Å². The van der Waals surface area contributed by atoms with E-state index in [4.69, 9.17) is 9.47 Å². The van der Waals surface area contributed by atoms with E-state index in [1.165, 1.54) is 5.56 Å². The third-order valence-electron chi connectivity index (χ3n) is 7.93. The van der Waals surface area contributed by atoms with Gasteiger partial charge in [-0.1, -0.05) is 73.1 Å². The van der Waals surface area contributed by atoms with Crippen LogP contribution in [0.4, 0.5) is 0 Å². The average Bonchev–Trinajstić information content (AvgIpc) is 3.11. The summed E-state index contributed by atoms with van der Waals surface area (Å²) in [6.07, 6.45) is 2.70. The summed E-state index contributed by atoms with van der Waals surface area (Å²) in [5, 5.41) is 0. The Hall–Kier alpha value is -1.93. The molecule has 8 nitrogen and oxygen atoms in total. The minimum atomic E-state index is -1.07. The van der Waals surface area contributed by atoms with E-state index in [0.29, 0.717) is 0 Å². The number of hydrogen-bond donors (Lipinski definition) is 3. The molecule has 0 amide bonds. The first-order valence-corrected chi connectivity index (χ1v) is 22.4. The van der Waals surface area contributed by atoms with Gasteiger partial charge in [0, 0.05) is 22.6 Å². The van der Waals surface area contributed by atoms with Crippen LogP contribution in [0.3, 0.4) is 0 Å². The molecule has 0 fully saturated rings. The van der Waals surface area contributed by atoms with E-state index in [1.807, 2.05) is 123 Å². The molecule has 0 bridgehead atoms. The lowest BCUT2D eigenvalue weighted by Crippen LogP contribution is -2.35. The highest BCUT2D eigenvalue weighted by Gasteiger charge is 2.25. The zero-order valence-electron chi connectivity index (χ0n) is 34.4. The SMILES string of the molecule is CCC(NS(=O)C(C)(C)C)c1ccc(Br)cc1.CCC(NS(=O)C(C)(C)C)c1ccc(OC)cc1.CCC(NS(=O)C(C)(C)C)c1cccc(OC)c1. The zero-order valence-corrected chi connectivity index (χ0v) is 38.5. The van der Waals surface area contributed by atoms with Gasteiger partial charge in [0.1, 0.15) is 11.5 Å². The zero-order chi connectivity index (χ0) is 40.6. The van der Waals surface area contributed by atoms with Crippen molar-refractivity contribution in [2.45, 2.75) is 135 Å². The summed E-state index contributed by atoms with van der Waals surface area (Å²) in [5.41, 5.74) is 3.42. The smallest absolute Gasteiger partial charge is 0.119 e. The second-order valence-corrected chi connectivity index (χ2v) is 22.4. The van der Waals surface area contributed by atoms with Gasteiger partial charge >= 0.3 is 0 Å². The molecule has 0 radical (unpaired) electrons. The maximum atomic E-state index is 12.1. The standard InChI is InChI=1S/2C14H23NO2S.C13H20BrNOS/c1-6-13(15-18(16)14(2,3)4)11-7-9-12(17-5)10-8-11;1-6-13(15-18(16)14(2,3)4)11-8-7-9-12(10-11)17-5;1-5-12(15-17(16)13(2,3)4)10-6-8-11(14)9-7-10/h2*7-10,13,15H,6H2,1-5H3;6-9,12,15H,5H2,1-4H3. The van der Waals surface area contributed by atoms with Gasteiger partial charge in [-0.25, -0.2) is 26.8 Å². The van der Waals surface area contributed by atoms with Gasteiger partial charge in [0.2, 0.25) is 0 Å². The van der Waals surface area contributed by atoms with Crippen molar-refractivity contribution in [3.63, 3.8) is 0 Å². The van der Waals surface area contributed by atoms with Crippen LogP contribution in [0.2, 0.25) is 0 Å². The third kappa shape index (κ3) is 18.0. The van der Waals surface area contributed by atoms with Crippen LogP contribution in [0.1, 0.15) is 137 Å². The van der Waals surface area contributed by atoms with Gasteiger partial charge in [-0.2, -0.15) is 0 Å². The summed E-state index contributed by atoms with van der Waals surface area (Å²) in [6.45, 7) is 24.0. The number of rotatable bonds is 14. The van der Waals surface area contributed by atoms with Crippen LogP contribution in [0.5, 0.6) is 11.5 Å². The maximum Gasteiger partial charge on any atom is 0.119 e. The van der Waals surface area contributed by atoms with Crippen molar-refractivity contribution in [2.75, 3.05) is 14.2 Å². The molecular weight excluding hydrogens is 791 g/mol. The van der Waals surface area contributed by atoms with E-state index < -0.39 is 33.0 Å². The van der Waals surface area contributed by atoms with Crippen LogP contribution in [-0.4, -0.2) is 41.1 Å². The lowest BCUT2D eigenvalue weighted by molar-refractivity contribution is 0.413. The number of benzene rings is 3. The second kappa shape index (κ2) is 23.2. The Balaban J connectivity index is 0.000000398. The third-order valence-corrected chi connectivity index (χ3v) is 13.3. The predicted molar refractivity (Wildman–Crippen MR) is 232 cm³/mol. The Morgan fingerprint density at radius 3 is 1.19 bits per heavy atom. The van der Waals surface area contributed by atoms with Crippen LogP contribution in [-0.2, 0) is 33.0 Å². The van der Waals surface area contributed by atoms with Crippen molar-refractivity contribution in [1.82, 2.24) is 14.2 Å². The molecule has 0 spiro atoms. The second-order valence-electron chi connectivity index (χ2n) is 15.5. The highest BCUT2D eigenvalue weighted by Crippen LogP contribution is 2.25. The molecule has 0 aliphatic rings. The lowest BCUT2D eigenvalue weighted by atomic mass is 10.1. The van der Waals surface area contributed by atoms with Crippen molar-refractivity contribution in [1.29, 1.82) is 0 Å². The summed E-state index contributed by atoms with van der Waals surface area (Å²) in [7, 11) is 0.147. The molecule has 3 rings (SSSR count). The van der Waals surface area contributed by atoms with Gasteiger partial charge in [-0.15, -0.1) is 0 Å². The molecule has 3 aromatic rings. The minimum Gasteiger partial charge on any atom is -0.497 e. The molecule has 3 aromatic carbocycles. The fourth-order valence-corrected chi connectivity index (χ4v) is 7.48. The molecule has 0 saturated heterocycles. The molecule has 6 atom stereocenters. The van der Waals surface area contributed by atoms with Gasteiger partial charge in [0.15, 0.2) is 0 Å². The Kier molecular flexibility index (Phi) is 21.5. The van der Waals surface area contributed by atoms with Crippen molar-refractivity contribution in [3.8, 4) is 11.5 Å². The van der Waals surface area contributed by atoms with Gasteiger partial charge in [0.25, 0.3) is 0 Å². The highest BCUT2D eigenvalue weighted by molar-refractivity contribution is 9.10. The quantitative estimate of drug-likeness (QED) is 0.150. The van der Waals surface area contributed by atoms with Crippen molar-refractivity contribution in [2.24, 2.45) is 0 Å². The first-order chi connectivity index (χ1) is 24.6. The molecule has 53 heavy (non-hydrogen) atoms. The first kappa shape index (κ1) is 49.1. The minimum absolute atomic E-state index is 0.0835. The molecule has 0 aliphatic heterocycles. The van der Waals surface area contributed by atoms with E-state index in [1.54, 1.807) is 14.2 Å². The number of ether oxygens (including phenoxy) is 2. The fourth-order valence-electron chi connectivity index (χ4n) is 4.47. The highest BCUT2D eigenvalue weighted by atomic mass is 79.9. The Bertz CT molecular complexity index is 1570. The fraction of sp³-hybridized carbons (Fsp3) is 0.561. The molecule has 0 aromatic heterocycles. The number of nitrogens with one attached hydrogen (secondary N) is 3. The van der Waals surface area contributed by atoms with E-state index in [-0.39, 0.29) is 32.4 Å². The monoisotopic (exact) mass is 855 g/mol. The molecular formula is C41H66BrN3O5S3. The summed E-state index contributed by atoms with van der Waals surface area (Å²) >= 11 is 3.42. The van der Waals surface area contributed by atoms with Crippen molar-refractivity contribution < 1.29 is 22.1 Å². The number of hydrogen-bond acceptors (Lipinski definition) is 5. The summed E-state index contributed by atoms with van der Waals surface area (Å²) in [6, 6.07) is 24.3. The van der Waals surface area contributed by atoms with Gasteiger partial charge in [-0.3, -0.25) is 0 Å². The van der Waals surface area contributed by atoms with Gasteiger partial charge < -0.3 is 9.47 Å². The first-order valence-electron chi connectivity index (χ1n) is 18.2. The molecule has 0 saturated carbocycles. The number of methoxy groups -OCH3 is 2. The van der Waals surface area contributed by atoms with Crippen LogP contribution >= 0.6 is 15.9 Å². The Morgan fingerprint density at radius 2 is 0.868 bits per heavy atom. The van der Waals surface area contributed by atoms with Gasteiger partial charge in [-0.05, 0) is 135 Å². The van der Waals surface area contributed by atoms with Crippen LogP contribution < -0.4 is 23.6 Å². The summed E-state index contributed by atoms with van der Waals surface area (Å²) in [5.74, 6) is 1.67. The van der Waals surface area contributed by atoms with Crippen LogP contribution in [0.25, 0.3) is 0 Å². The number of halogens is 1. The Morgan fingerprint density at radius 1 is 0.528 bits per heavy atom. The van der Waals surface area contributed by atoms with Crippen LogP contribution in [0.15, 0.2) is 77.3 Å². The summed E-state index contributed by atoms with van der Waals surface area (Å²) in [4.78, 5) is 0. The lowest BCUT2D eigenvalue weighted by Gasteiger charge is -2.24. The Labute approximate surface area is 337 Å². The molecule has 300 valence electrons. The average molecular weight is 857 g/mol. The van der Waals surface area contributed by atoms with Crippen LogP contribution in [0, 0.1) is 0 Å². The topological polar surface area (TPSA) is 106 Å². The van der Waals surface area contributed by atoms with Crippen molar-refractivity contribution >= 4 is 48.9 Å². The maximum absolute atomic E-state index is 12.1. The molecule has 0 aliphatic carbocycles. The van der Waals surface area contributed by atoms with E-state index in [2.05, 4.69) is 63.0 Å². The normalized spacial score (nSPS) is 15.3. The molecule has 12 heteroatoms. The van der Waals surface area contributed by atoms with E-state index >= 15 is 0 Å². The molecule has 6 unspecified atom stereocenters. The van der Waals surface area contributed by atoms with Gasteiger partial charge in [0.05, 0.1) is 61.4 Å². The molecule has 3 N–H and O–H groups in total.